The molecule has 0 radical (unpaired) electrons. The highest BCUT2D eigenvalue weighted by Gasteiger charge is 2.25. The molecule has 7 heteroatoms. The number of hydrogen-bond donors (Lipinski definition) is 1. The molecule has 2 rings (SSSR count). The van der Waals surface area contributed by atoms with E-state index in [1.165, 1.54) is 0 Å². The van der Waals surface area contributed by atoms with E-state index in [2.05, 4.69) is 21.2 Å². The van der Waals surface area contributed by atoms with Gasteiger partial charge in [0.05, 0.1) is 5.75 Å². The summed E-state index contributed by atoms with van der Waals surface area (Å²) in [7, 11) is -3.44. The molecule has 0 aromatic heterocycles. The number of carbonyl (C=O) groups excluding carboxylic acids is 1. The smallest absolute Gasteiger partial charge is 0.237 e. The molecule has 21 heavy (non-hydrogen) atoms. The van der Waals surface area contributed by atoms with E-state index in [1.54, 1.807) is 29.2 Å². The van der Waals surface area contributed by atoms with Crippen LogP contribution in [0.15, 0.2) is 28.7 Å². The molecule has 1 atom stereocenters. The maximum Gasteiger partial charge on any atom is 0.237 e. The topological polar surface area (TPSA) is 66.5 Å². The van der Waals surface area contributed by atoms with Crippen LogP contribution in [0.4, 0.5) is 0 Å². The lowest BCUT2D eigenvalue weighted by atomic mass is 10.2. The van der Waals surface area contributed by atoms with Crippen molar-refractivity contribution in [2.75, 3.05) is 25.4 Å². The second-order valence-electron chi connectivity index (χ2n) is 5.35. The number of sulfone groups is 1. The van der Waals surface area contributed by atoms with Gasteiger partial charge in [0.25, 0.3) is 0 Å². The van der Waals surface area contributed by atoms with Crippen LogP contribution in [-0.2, 0) is 20.4 Å². The molecule has 1 aromatic rings. The van der Waals surface area contributed by atoms with Crippen molar-refractivity contribution in [2.45, 2.75) is 18.7 Å². The van der Waals surface area contributed by atoms with E-state index in [1.807, 2.05) is 6.92 Å². The average molecular weight is 375 g/mol. The van der Waals surface area contributed by atoms with Crippen molar-refractivity contribution in [1.82, 2.24) is 10.2 Å². The maximum atomic E-state index is 12.1. The summed E-state index contributed by atoms with van der Waals surface area (Å²) < 4.78 is 25.2. The number of amides is 1. The molecule has 0 aliphatic carbocycles. The average Bonchev–Trinajstić information content (AvgIpc) is 2.40. The van der Waals surface area contributed by atoms with Crippen LogP contribution < -0.4 is 5.32 Å². The van der Waals surface area contributed by atoms with E-state index in [9.17, 15) is 13.2 Å². The first-order valence-corrected chi connectivity index (χ1v) is 9.43. The molecule has 1 N–H and O–H groups in total. The second kappa shape index (κ2) is 6.89. The molecule has 1 heterocycles. The fourth-order valence-electron chi connectivity index (χ4n) is 2.32. The summed E-state index contributed by atoms with van der Waals surface area (Å²) >= 11 is 3.31. The van der Waals surface area contributed by atoms with Gasteiger partial charge in [0.15, 0.2) is 9.84 Å². The van der Waals surface area contributed by atoms with Crippen molar-refractivity contribution in [1.29, 1.82) is 0 Å². The largest absolute Gasteiger partial charge is 0.339 e. The van der Waals surface area contributed by atoms with E-state index < -0.39 is 15.6 Å². The second-order valence-corrected chi connectivity index (χ2v) is 8.33. The zero-order valence-electron chi connectivity index (χ0n) is 11.9. The molecular weight excluding hydrogens is 356 g/mol. The Morgan fingerprint density at radius 1 is 1.38 bits per heavy atom. The SMILES string of the molecule is C[C@H]1CN(C(=O)CS(=O)(=O)Cc2ccc(Br)cc2)CCN1. The molecule has 1 fully saturated rings. The van der Waals surface area contributed by atoms with Gasteiger partial charge in [-0.1, -0.05) is 28.1 Å². The van der Waals surface area contributed by atoms with Crippen LogP contribution in [0.25, 0.3) is 0 Å². The zero-order chi connectivity index (χ0) is 15.5. The summed E-state index contributed by atoms with van der Waals surface area (Å²) in [5.74, 6) is -0.829. The van der Waals surface area contributed by atoms with Gasteiger partial charge in [-0.05, 0) is 24.6 Å². The van der Waals surface area contributed by atoms with Gasteiger partial charge in [0.1, 0.15) is 5.75 Å². The van der Waals surface area contributed by atoms with E-state index >= 15 is 0 Å². The Labute approximate surface area is 133 Å². The number of benzene rings is 1. The highest BCUT2D eigenvalue weighted by atomic mass is 79.9. The summed E-state index contributed by atoms with van der Waals surface area (Å²) in [5.41, 5.74) is 0.694. The summed E-state index contributed by atoms with van der Waals surface area (Å²) in [4.78, 5) is 13.7. The molecule has 1 aliphatic rings. The van der Waals surface area contributed by atoms with E-state index in [0.29, 0.717) is 25.2 Å². The fraction of sp³-hybridized carbons (Fsp3) is 0.500. The molecule has 0 saturated carbocycles. The summed E-state index contributed by atoms with van der Waals surface area (Å²) in [6.07, 6.45) is 0. The first kappa shape index (κ1) is 16.5. The van der Waals surface area contributed by atoms with Crippen LogP contribution in [0.2, 0.25) is 0 Å². The quantitative estimate of drug-likeness (QED) is 0.859. The Bertz CT molecular complexity index is 601. The first-order valence-electron chi connectivity index (χ1n) is 6.82. The summed E-state index contributed by atoms with van der Waals surface area (Å²) in [6, 6.07) is 7.30. The van der Waals surface area contributed by atoms with Crippen LogP contribution in [-0.4, -0.2) is 50.7 Å². The van der Waals surface area contributed by atoms with Crippen molar-refractivity contribution >= 4 is 31.7 Å². The van der Waals surface area contributed by atoms with E-state index in [0.717, 1.165) is 4.47 Å². The number of halogens is 1. The van der Waals surface area contributed by atoms with Crippen LogP contribution in [0.5, 0.6) is 0 Å². The van der Waals surface area contributed by atoms with Crippen LogP contribution in [0.1, 0.15) is 12.5 Å². The molecule has 1 aromatic carbocycles. The molecule has 0 spiro atoms. The van der Waals surface area contributed by atoms with Gasteiger partial charge in [-0.2, -0.15) is 0 Å². The monoisotopic (exact) mass is 374 g/mol. The summed E-state index contributed by atoms with van der Waals surface area (Å²) in [6.45, 7) is 3.82. The minimum atomic E-state index is -3.44. The predicted octanol–water partition coefficient (Wildman–Crippen LogP) is 1.18. The highest BCUT2D eigenvalue weighted by Crippen LogP contribution is 2.13. The number of piperazine rings is 1. The molecule has 1 saturated heterocycles. The molecule has 0 unspecified atom stereocenters. The van der Waals surface area contributed by atoms with E-state index in [4.69, 9.17) is 0 Å². The highest BCUT2D eigenvalue weighted by molar-refractivity contribution is 9.10. The Hall–Kier alpha value is -0.920. The molecule has 1 aliphatic heterocycles. The van der Waals surface area contributed by atoms with Crippen molar-refractivity contribution < 1.29 is 13.2 Å². The Morgan fingerprint density at radius 2 is 2.05 bits per heavy atom. The van der Waals surface area contributed by atoms with Crippen LogP contribution in [0.3, 0.4) is 0 Å². The lowest BCUT2D eigenvalue weighted by molar-refractivity contribution is -0.129. The molecular formula is C14H19BrN2O3S. The van der Waals surface area contributed by atoms with Gasteiger partial charge in [-0.25, -0.2) is 8.42 Å². The predicted molar refractivity (Wildman–Crippen MR) is 85.7 cm³/mol. The molecule has 5 nitrogen and oxygen atoms in total. The zero-order valence-corrected chi connectivity index (χ0v) is 14.3. The van der Waals surface area contributed by atoms with Gasteiger partial charge in [0.2, 0.25) is 5.91 Å². The van der Waals surface area contributed by atoms with E-state index in [-0.39, 0.29) is 17.7 Å². The van der Waals surface area contributed by atoms with Gasteiger partial charge >= 0.3 is 0 Å². The first-order chi connectivity index (χ1) is 9.85. The number of nitrogens with one attached hydrogen (secondary N) is 1. The fourth-order valence-corrected chi connectivity index (χ4v) is 3.95. The number of rotatable bonds is 4. The minimum absolute atomic E-state index is 0.104. The van der Waals surface area contributed by atoms with Crippen molar-refractivity contribution in [3.8, 4) is 0 Å². The number of carbonyl (C=O) groups is 1. The Morgan fingerprint density at radius 3 is 2.67 bits per heavy atom. The third-order valence-corrected chi connectivity index (χ3v) is 5.35. The van der Waals surface area contributed by atoms with Gasteiger partial charge in [0, 0.05) is 30.1 Å². The molecule has 0 bridgehead atoms. The van der Waals surface area contributed by atoms with Gasteiger partial charge in [-0.15, -0.1) is 0 Å². The van der Waals surface area contributed by atoms with Gasteiger partial charge < -0.3 is 10.2 Å². The lowest BCUT2D eigenvalue weighted by Gasteiger charge is -2.31. The number of nitrogens with zero attached hydrogens (tertiary/aromatic N) is 1. The molecule has 116 valence electrons. The lowest BCUT2D eigenvalue weighted by Crippen LogP contribution is -2.52. The minimum Gasteiger partial charge on any atom is -0.339 e. The van der Waals surface area contributed by atoms with Gasteiger partial charge in [-0.3, -0.25) is 4.79 Å². The normalized spacial score (nSPS) is 19.5. The maximum absolute atomic E-state index is 12.1. The third kappa shape index (κ3) is 5.09. The van der Waals surface area contributed by atoms with Crippen molar-refractivity contribution in [3.05, 3.63) is 34.3 Å². The summed E-state index contributed by atoms with van der Waals surface area (Å²) in [5, 5.41) is 3.23. The van der Waals surface area contributed by atoms with Crippen molar-refractivity contribution in [3.63, 3.8) is 0 Å². The van der Waals surface area contributed by atoms with Crippen LogP contribution >= 0.6 is 15.9 Å². The molecule has 1 amide bonds. The third-order valence-electron chi connectivity index (χ3n) is 3.36. The Kier molecular flexibility index (Phi) is 5.40. The standard InChI is InChI=1S/C14H19BrN2O3S/c1-11-8-17(7-6-16-11)14(18)10-21(19,20)9-12-2-4-13(15)5-3-12/h2-5,11,16H,6-10H2,1H3/t11-/m0/s1. The Balaban J connectivity index is 1.96. The van der Waals surface area contributed by atoms with Crippen molar-refractivity contribution in [2.24, 2.45) is 0 Å². The van der Waals surface area contributed by atoms with Crippen LogP contribution in [0, 0.1) is 0 Å². The number of hydrogen-bond acceptors (Lipinski definition) is 4.